The van der Waals surface area contributed by atoms with E-state index in [2.05, 4.69) is 27.7 Å². The van der Waals surface area contributed by atoms with Gasteiger partial charge in [0.25, 0.3) is 5.91 Å². The zero-order chi connectivity index (χ0) is 30.3. The van der Waals surface area contributed by atoms with Crippen LogP contribution in [0.4, 0.5) is 0 Å². The average molecular weight is 588 g/mol. The van der Waals surface area contributed by atoms with E-state index >= 15 is 0 Å². The summed E-state index contributed by atoms with van der Waals surface area (Å²) in [5.41, 5.74) is 3.61. The van der Waals surface area contributed by atoms with E-state index in [-0.39, 0.29) is 18.4 Å². The number of nitrogens with one attached hydrogen (secondary N) is 2. The van der Waals surface area contributed by atoms with Crippen LogP contribution in [0.5, 0.6) is 17.2 Å². The minimum atomic E-state index is -0.143. The first-order chi connectivity index (χ1) is 21.1. The highest BCUT2D eigenvalue weighted by molar-refractivity contribution is 5.96. The molecule has 0 radical (unpaired) electrons. The number of amides is 2. The van der Waals surface area contributed by atoms with E-state index in [1.54, 1.807) is 0 Å². The van der Waals surface area contributed by atoms with Crippen molar-refractivity contribution in [1.82, 2.24) is 15.5 Å². The number of carbonyl (C=O) groups excluding carboxylic acids is 2. The zero-order valence-electron chi connectivity index (χ0n) is 25.5. The van der Waals surface area contributed by atoms with Crippen LogP contribution in [0.15, 0.2) is 66.7 Å². The van der Waals surface area contributed by atoms with Crippen LogP contribution in [0.2, 0.25) is 0 Å². The van der Waals surface area contributed by atoms with Crippen LogP contribution in [-0.4, -0.2) is 56.2 Å². The Labute approximate surface area is 255 Å². The molecule has 0 aromatic heterocycles. The second-order valence-electron chi connectivity index (χ2n) is 10.7. The van der Waals surface area contributed by atoms with Gasteiger partial charge in [0.05, 0.1) is 26.4 Å². The van der Waals surface area contributed by atoms with E-state index in [1.165, 1.54) is 0 Å². The molecule has 3 aromatic carbocycles. The van der Waals surface area contributed by atoms with Crippen molar-refractivity contribution >= 4 is 11.8 Å². The van der Waals surface area contributed by atoms with Gasteiger partial charge in [-0.25, -0.2) is 0 Å². The molecule has 2 N–H and O–H groups in total. The monoisotopic (exact) mass is 587 g/mol. The lowest BCUT2D eigenvalue weighted by Crippen LogP contribution is -2.37. The van der Waals surface area contributed by atoms with Crippen molar-refractivity contribution in [2.24, 2.45) is 0 Å². The highest BCUT2D eigenvalue weighted by Gasteiger charge is 2.21. The van der Waals surface area contributed by atoms with Gasteiger partial charge in [0.15, 0.2) is 11.5 Å². The van der Waals surface area contributed by atoms with Gasteiger partial charge in [-0.15, -0.1) is 0 Å². The topological polar surface area (TPSA) is 89.1 Å². The van der Waals surface area contributed by atoms with Gasteiger partial charge in [-0.1, -0.05) is 42.5 Å². The Bertz CT molecular complexity index is 1310. The lowest BCUT2D eigenvalue weighted by molar-refractivity contribution is -0.122. The van der Waals surface area contributed by atoms with E-state index in [1.807, 2.05) is 68.4 Å². The molecule has 1 aliphatic rings. The number of hydrogen-bond donors (Lipinski definition) is 2. The first-order valence-corrected chi connectivity index (χ1v) is 15.5. The summed E-state index contributed by atoms with van der Waals surface area (Å²) >= 11 is 0. The van der Waals surface area contributed by atoms with Crippen molar-refractivity contribution in [3.8, 4) is 17.2 Å². The smallest absolute Gasteiger partial charge is 0.251 e. The molecular formula is C35H45N3O5. The predicted octanol–water partition coefficient (Wildman–Crippen LogP) is 5.53. The van der Waals surface area contributed by atoms with Crippen molar-refractivity contribution in [2.75, 3.05) is 39.5 Å². The van der Waals surface area contributed by atoms with E-state index in [0.29, 0.717) is 57.3 Å². The molecule has 0 saturated heterocycles. The molecule has 0 fully saturated rings. The fraction of sp³-hybridized carbons (Fsp3) is 0.429. The van der Waals surface area contributed by atoms with Crippen molar-refractivity contribution in [3.05, 3.63) is 89.0 Å². The predicted molar refractivity (Wildman–Crippen MR) is 169 cm³/mol. The van der Waals surface area contributed by atoms with Gasteiger partial charge >= 0.3 is 0 Å². The maximum absolute atomic E-state index is 13.5. The third kappa shape index (κ3) is 10.0. The van der Waals surface area contributed by atoms with Crippen LogP contribution in [0.25, 0.3) is 0 Å². The lowest BCUT2D eigenvalue weighted by Gasteiger charge is -2.24. The van der Waals surface area contributed by atoms with Gasteiger partial charge in [0.2, 0.25) is 5.91 Å². The molecule has 0 spiro atoms. The lowest BCUT2D eigenvalue weighted by atomic mass is 10.0. The van der Waals surface area contributed by atoms with Gasteiger partial charge in [-0.2, -0.15) is 0 Å². The Hall–Kier alpha value is -4.04. The molecule has 1 heterocycles. The van der Waals surface area contributed by atoms with Gasteiger partial charge in [0, 0.05) is 37.3 Å². The molecule has 0 atom stereocenters. The summed E-state index contributed by atoms with van der Waals surface area (Å²) < 4.78 is 17.7. The number of fused-ring (bicyclic) bond motifs is 1. The van der Waals surface area contributed by atoms with Crippen LogP contribution >= 0.6 is 0 Å². The highest BCUT2D eigenvalue weighted by atomic mass is 16.5. The molecule has 8 heteroatoms. The molecule has 1 aliphatic heterocycles. The summed E-state index contributed by atoms with van der Waals surface area (Å²) in [4.78, 5) is 28.5. The van der Waals surface area contributed by atoms with Crippen LogP contribution in [0, 0.1) is 0 Å². The van der Waals surface area contributed by atoms with Gasteiger partial charge in [-0.3, -0.25) is 14.5 Å². The van der Waals surface area contributed by atoms with Crippen LogP contribution in [0.3, 0.4) is 0 Å². The van der Waals surface area contributed by atoms with E-state index in [0.717, 1.165) is 60.3 Å². The summed E-state index contributed by atoms with van der Waals surface area (Å²) in [5.74, 6) is 2.04. The third-order valence-electron chi connectivity index (χ3n) is 7.31. The molecule has 230 valence electrons. The Morgan fingerprint density at radius 1 is 0.907 bits per heavy atom. The summed E-state index contributed by atoms with van der Waals surface area (Å²) in [5, 5.41) is 6.16. The Morgan fingerprint density at radius 3 is 2.53 bits per heavy atom. The summed E-state index contributed by atoms with van der Waals surface area (Å²) in [6.07, 6.45) is 4.33. The fourth-order valence-electron chi connectivity index (χ4n) is 5.22. The number of aryl methyl sites for hydroxylation is 1. The number of rotatable bonds is 11. The number of nitrogens with zero attached hydrogens (tertiary/aromatic N) is 1. The first kappa shape index (κ1) is 31.9. The quantitative estimate of drug-likeness (QED) is 0.287. The summed E-state index contributed by atoms with van der Waals surface area (Å²) in [6.45, 7) is 8.03. The number of carbonyl (C=O) groups is 2. The molecule has 0 bridgehead atoms. The molecule has 0 saturated carbocycles. The highest BCUT2D eigenvalue weighted by Crippen LogP contribution is 2.29. The Balaban J connectivity index is 1.47. The third-order valence-corrected chi connectivity index (χ3v) is 7.31. The van der Waals surface area contributed by atoms with Gasteiger partial charge < -0.3 is 24.8 Å². The minimum absolute atomic E-state index is 0.0126. The number of ether oxygens (including phenoxy) is 3. The van der Waals surface area contributed by atoms with E-state index < -0.39 is 0 Å². The summed E-state index contributed by atoms with van der Waals surface area (Å²) in [7, 11) is 0. The molecule has 3 aromatic rings. The second kappa shape index (κ2) is 17.2. The zero-order valence-corrected chi connectivity index (χ0v) is 25.5. The molecule has 0 aliphatic carbocycles. The van der Waals surface area contributed by atoms with Crippen molar-refractivity contribution in [3.63, 3.8) is 0 Å². The van der Waals surface area contributed by atoms with E-state index in [9.17, 15) is 9.59 Å². The number of benzene rings is 3. The first-order valence-electron chi connectivity index (χ1n) is 15.5. The van der Waals surface area contributed by atoms with Crippen molar-refractivity contribution in [2.45, 2.75) is 59.0 Å². The van der Waals surface area contributed by atoms with Gasteiger partial charge in [-0.05, 0) is 81.3 Å². The van der Waals surface area contributed by atoms with Crippen molar-refractivity contribution in [1.29, 1.82) is 0 Å². The van der Waals surface area contributed by atoms with E-state index in [4.69, 9.17) is 14.2 Å². The maximum atomic E-state index is 13.5. The second-order valence-corrected chi connectivity index (χ2v) is 10.7. The number of hydrogen-bond acceptors (Lipinski definition) is 6. The molecular weight excluding hydrogens is 542 g/mol. The molecule has 0 unspecified atom stereocenters. The van der Waals surface area contributed by atoms with Crippen molar-refractivity contribution < 1.29 is 23.8 Å². The van der Waals surface area contributed by atoms with Crippen LogP contribution < -0.4 is 24.8 Å². The van der Waals surface area contributed by atoms with Crippen LogP contribution in [-0.2, 0) is 24.3 Å². The minimum Gasteiger partial charge on any atom is -0.493 e. The standard InChI is InChI=1S/C35H45N3O5/c1-3-41-32-19-18-27(23-33(32)42-4-2)15-12-21-37-35(40)29-16-11-17-31-30(29)25-38(24-28-13-7-5-8-14-28)26-34(39)36-20-9-6-10-22-43-31/h5,7-8,11,13-14,16-19,23H,3-4,6,9-10,12,15,20-22,24-26H2,1-2H3,(H,36,39)(H,37,40). The molecule has 43 heavy (non-hydrogen) atoms. The maximum Gasteiger partial charge on any atom is 0.251 e. The molecule has 8 nitrogen and oxygen atoms in total. The molecule has 4 rings (SSSR count). The van der Waals surface area contributed by atoms with Gasteiger partial charge in [0.1, 0.15) is 5.75 Å². The van der Waals surface area contributed by atoms with Crippen LogP contribution in [0.1, 0.15) is 66.6 Å². The normalized spacial score (nSPS) is 14.6. The fourth-order valence-corrected chi connectivity index (χ4v) is 5.22. The average Bonchev–Trinajstić information content (AvgIpc) is 3.02. The SMILES string of the molecule is CCOc1ccc(CCCNC(=O)c2cccc3c2CN(Cc2ccccc2)CC(=O)NCCCCCO3)cc1OCC. The Kier molecular flexibility index (Phi) is 12.7. The summed E-state index contributed by atoms with van der Waals surface area (Å²) in [6, 6.07) is 21.7. The Morgan fingerprint density at radius 2 is 1.72 bits per heavy atom. The largest absolute Gasteiger partial charge is 0.493 e. The molecule has 2 amide bonds.